The molecule has 2 unspecified atom stereocenters. The first-order chi connectivity index (χ1) is 14.5. The van der Waals surface area contributed by atoms with Crippen LogP contribution in [-0.4, -0.2) is 31.6 Å². The first kappa shape index (κ1) is 20.9. The van der Waals surface area contributed by atoms with E-state index < -0.39 is 0 Å². The summed E-state index contributed by atoms with van der Waals surface area (Å²) in [7, 11) is 0. The molecule has 2 amide bonds. The predicted molar refractivity (Wildman–Crippen MR) is 118 cm³/mol. The summed E-state index contributed by atoms with van der Waals surface area (Å²) in [6.07, 6.45) is 2.58. The highest BCUT2D eigenvalue weighted by atomic mass is 35.5. The second kappa shape index (κ2) is 8.78. The van der Waals surface area contributed by atoms with Gasteiger partial charge in [0.15, 0.2) is 0 Å². The summed E-state index contributed by atoms with van der Waals surface area (Å²) in [5, 5.41) is 6.72. The molecule has 2 aliphatic rings. The number of nitrogens with one attached hydrogen (secondary N) is 2. The molecule has 5 nitrogen and oxygen atoms in total. The van der Waals surface area contributed by atoms with Crippen molar-refractivity contribution >= 4 is 29.1 Å². The quantitative estimate of drug-likeness (QED) is 0.718. The summed E-state index contributed by atoms with van der Waals surface area (Å²) in [5.41, 5.74) is 2.11. The monoisotopic (exact) mass is 426 g/mol. The molecule has 6 heteroatoms. The van der Waals surface area contributed by atoms with Gasteiger partial charge in [0, 0.05) is 47.4 Å². The Morgan fingerprint density at radius 2 is 1.87 bits per heavy atom. The maximum atomic E-state index is 12.9. The number of ether oxygens (including phenoxy) is 1. The van der Waals surface area contributed by atoms with Gasteiger partial charge in [-0.3, -0.25) is 9.59 Å². The van der Waals surface area contributed by atoms with E-state index in [4.69, 9.17) is 16.3 Å². The normalized spacial score (nSPS) is 22.2. The fraction of sp³-hybridized carbons (Fsp3) is 0.417. The Hall–Kier alpha value is -2.37. The molecule has 2 N–H and O–H groups in total. The molecule has 4 rings (SSSR count). The van der Waals surface area contributed by atoms with Gasteiger partial charge in [-0.1, -0.05) is 36.7 Å². The van der Waals surface area contributed by atoms with E-state index in [9.17, 15) is 9.59 Å². The zero-order chi connectivity index (χ0) is 21.1. The fourth-order valence-electron chi connectivity index (χ4n) is 4.16. The van der Waals surface area contributed by atoms with Crippen LogP contribution in [0, 0.1) is 11.8 Å². The van der Waals surface area contributed by atoms with Crippen molar-refractivity contribution in [3.8, 4) is 0 Å². The second-order valence-corrected chi connectivity index (χ2v) is 8.91. The third-order valence-electron chi connectivity index (χ3n) is 6.31. The highest BCUT2D eigenvalue weighted by molar-refractivity contribution is 6.30. The van der Waals surface area contributed by atoms with Crippen LogP contribution >= 0.6 is 11.6 Å². The van der Waals surface area contributed by atoms with Crippen molar-refractivity contribution in [2.24, 2.45) is 11.8 Å². The molecule has 1 saturated carbocycles. The zero-order valence-corrected chi connectivity index (χ0v) is 17.9. The molecule has 2 aromatic carbocycles. The van der Waals surface area contributed by atoms with E-state index in [-0.39, 0.29) is 23.1 Å². The number of amides is 2. The SMILES string of the molecule is CC1CC1C(=O)Nc1cccc(C(=O)NCC2(c3cccc(Cl)c3)CCOCC2)c1. The molecular weight excluding hydrogens is 400 g/mol. The summed E-state index contributed by atoms with van der Waals surface area (Å²) in [5.74, 6) is 0.410. The van der Waals surface area contributed by atoms with Gasteiger partial charge in [-0.25, -0.2) is 0 Å². The number of halogens is 1. The van der Waals surface area contributed by atoms with E-state index in [1.54, 1.807) is 18.2 Å². The highest BCUT2D eigenvalue weighted by Gasteiger charge is 2.39. The van der Waals surface area contributed by atoms with Gasteiger partial charge < -0.3 is 15.4 Å². The standard InChI is InChI=1S/C24H27ClN2O3/c1-16-12-21(16)23(29)27-20-7-2-4-17(13-20)22(28)26-15-24(8-10-30-11-9-24)18-5-3-6-19(25)14-18/h2-7,13-14,16,21H,8-12,15H2,1H3,(H,26,28)(H,27,29). The van der Waals surface area contributed by atoms with Gasteiger partial charge in [0.05, 0.1) is 0 Å². The van der Waals surface area contributed by atoms with Crippen LogP contribution in [-0.2, 0) is 14.9 Å². The van der Waals surface area contributed by atoms with Gasteiger partial charge in [-0.15, -0.1) is 0 Å². The molecule has 0 radical (unpaired) electrons. The number of carbonyl (C=O) groups is 2. The van der Waals surface area contributed by atoms with Crippen molar-refractivity contribution in [2.45, 2.75) is 31.6 Å². The lowest BCUT2D eigenvalue weighted by atomic mass is 9.74. The van der Waals surface area contributed by atoms with Gasteiger partial charge in [-0.05, 0) is 61.1 Å². The maximum Gasteiger partial charge on any atom is 0.251 e. The highest BCUT2D eigenvalue weighted by Crippen LogP contribution is 2.38. The van der Waals surface area contributed by atoms with Crippen LogP contribution in [0.2, 0.25) is 5.02 Å². The van der Waals surface area contributed by atoms with Crippen molar-refractivity contribution in [1.82, 2.24) is 5.32 Å². The molecule has 0 aromatic heterocycles. The van der Waals surface area contributed by atoms with Crippen molar-refractivity contribution in [2.75, 3.05) is 25.1 Å². The molecule has 2 fully saturated rings. The zero-order valence-electron chi connectivity index (χ0n) is 17.1. The van der Waals surface area contributed by atoms with Crippen molar-refractivity contribution in [1.29, 1.82) is 0 Å². The summed E-state index contributed by atoms with van der Waals surface area (Å²) < 4.78 is 5.57. The second-order valence-electron chi connectivity index (χ2n) is 8.48. The Morgan fingerprint density at radius 3 is 2.57 bits per heavy atom. The molecule has 30 heavy (non-hydrogen) atoms. The van der Waals surface area contributed by atoms with E-state index in [2.05, 4.69) is 23.6 Å². The van der Waals surface area contributed by atoms with Crippen LogP contribution in [0.1, 0.15) is 42.1 Å². The number of hydrogen-bond donors (Lipinski definition) is 2. The molecular formula is C24H27ClN2O3. The van der Waals surface area contributed by atoms with E-state index in [1.807, 2.05) is 24.3 Å². The average molecular weight is 427 g/mol. The predicted octanol–water partition coefficient (Wildman–Crippen LogP) is 4.41. The minimum Gasteiger partial charge on any atom is -0.381 e. The number of anilines is 1. The number of benzene rings is 2. The lowest BCUT2D eigenvalue weighted by molar-refractivity contribution is -0.117. The molecule has 1 aliphatic heterocycles. The Kier molecular flexibility index (Phi) is 6.11. The van der Waals surface area contributed by atoms with Crippen LogP contribution in [0.15, 0.2) is 48.5 Å². The number of rotatable bonds is 6. The summed E-state index contributed by atoms with van der Waals surface area (Å²) >= 11 is 6.23. The van der Waals surface area contributed by atoms with E-state index in [0.717, 1.165) is 24.8 Å². The van der Waals surface area contributed by atoms with Crippen LogP contribution in [0.25, 0.3) is 0 Å². The fourth-order valence-corrected chi connectivity index (χ4v) is 4.35. The molecule has 2 atom stereocenters. The topological polar surface area (TPSA) is 67.4 Å². The summed E-state index contributed by atoms with van der Waals surface area (Å²) in [6, 6.07) is 15.0. The van der Waals surface area contributed by atoms with Gasteiger partial charge in [0.2, 0.25) is 5.91 Å². The number of hydrogen-bond acceptors (Lipinski definition) is 3. The minimum absolute atomic E-state index is 0.0298. The Bertz CT molecular complexity index is 940. The smallest absolute Gasteiger partial charge is 0.251 e. The van der Waals surface area contributed by atoms with Crippen LogP contribution in [0.5, 0.6) is 0 Å². The third-order valence-corrected chi connectivity index (χ3v) is 6.55. The van der Waals surface area contributed by atoms with Gasteiger partial charge in [0.25, 0.3) is 5.91 Å². The van der Waals surface area contributed by atoms with E-state index >= 15 is 0 Å². The molecule has 1 saturated heterocycles. The largest absolute Gasteiger partial charge is 0.381 e. The van der Waals surface area contributed by atoms with Crippen LogP contribution in [0.3, 0.4) is 0 Å². The molecule has 1 aliphatic carbocycles. The van der Waals surface area contributed by atoms with Crippen molar-refractivity contribution in [3.63, 3.8) is 0 Å². The van der Waals surface area contributed by atoms with Gasteiger partial charge in [-0.2, -0.15) is 0 Å². The van der Waals surface area contributed by atoms with Crippen LogP contribution in [0.4, 0.5) is 5.69 Å². The van der Waals surface area contributed by atoms with Crippen LogP contribution < -0.4 is 10.6 Å². The maximum absolute atomic E-state index is 12.9. The summed E-state index contributed by atoms with van der Waals surface area (Å²) in [6.45, 7) is 3.89. The Labute approximate surface area is 182 Å². The molecule has 0 spiro atoms. The summed E-state index contributed by atoms with van der Waals surface area (Å²) in [4.78, 5) is 25.1. The average Bonchev–Trinajstić information content (AvgIpc) is 3.50. The lowest BCUT2D eigenvalue weighted by Gasteiger charge is -2.38. The van der Waals surface area contributed by atoms with Crippen molar-refractivity contribution in [3.05, 3.63) is 64.7 Å². The molecule has 1 heterocycles. The first-order valence-electron chi connectivity index (χ1n) is 10.5. The Balaban J connectivity index is 1.45. The molecule has 158 valence electrons. The van der Waals surface area contributed by atoms with Crippen molar-refractivity contribution < 1.29 is 14.3 Å². The number of carbonyl (C=O) groups excluding carboxylic acids is 2. The minimum atomic E-state index is -0.202. The molecule has 0 bridgehead atoms. The van der Waals surface area contributed by atoms with E-state index in [1.165, 1.54) is 0 Å². The Morgan fingerprint density at radius 1 is 1.13 bits per heavy atom. The van der Waals surface area contributed by atoms with Gasteiger partial charge in [0.1, 0.15) is 0 Å². The lowest BCUT2D eigenvalue weighted by Crippen LogP contribution is -2.44. The van der Waals surface area contributed by atoms with E-state index in [0.29, 0.717) is 41.9 Å². The first-order valence-corrected chi connectivity index (χ1v) is 10.9. The molecule has 2 aromatic rings. The van der Waals surface area contributed by atoms with Gasteiger partial charge >= 0.3 is 0 Å². The third kappa shape index (κ3) is 4.68.